The van der Waals surface area contributed by atoms with Gasteiger partial charge in [0.2, 0.25) is 0 Å². The van der Waals surface area contributed by atoms with Gasteiger partial charge in [-0.3, -0.25) is 0 Å². The summed E-state index contributed by atoms with van der Waals surface area (Å²) in [4.78, 5) is 4.81. The van der Waals surface area contributed by atoms with Crippen LogP contribution in [0.4, 0.5) is 0 Å². The van der Waals surface area contributed by atoms with Gasteiger partial charge in [-0.2, -0.15) is 25.3 Å². The molecule has 0 N–H and O–H groups in total. The number of hydrogen-bond donors (Lipinski definition) is 2. The van der Waals surface area contributed by atoms with Gasteiger partial charge < -0.3 is 9.80 Å². The molecule has 0 aliphatic heterocycles. The van der Waals surface area contributed by atoms with Crippen molar-refractivity contribution in [3.05, 3.63) is 0 Å². The molecule has 0 aromatic heterocycles. The van der Waals surface area contributed by atoms with Crippen molar-refractivity contribution in [2.24, 2.45) is 0 Å². The predicted octanol–water partition coefficient (Wildman–Crippen LogP) is 3.56. The van der Waals surface area contributed by atoms with E-state index in [1.54, 1.807) is 0 Å². The molecule has 2 nitrogen and oxygen atoms in total. The molecule has 0 aromatic rings. The van der Waals surface area contributed by atoms with Crippen molar-refractivity contribution in [3.63, 3.8) is 0 Å². The third-order valence-corrected chi connectivity index (χ3v) is 7.29. The van der Waals surface area contributed by atoms with Crippen molar-refractivity contribution in [2.75, 3.05) is 39.3 Å². The molecule has 0 bridgehead atoms. The molecule has 110 valence electrons. The Balaban J connectivity index is 3.79. The fraction of sp³-hybridized carbons (Fsp3) is 1.00. The van der Waals surface area contributed by atoms with E-state index in [4.69, 9.17) is 0 Å². The molecule has 2 atom stereocenters. The van der Waals surface area contributed by atoms with Crippen LogP contribution < -0.4 is 0 Å². The van der Waals surface area contributed by atoms with E-state index in [9.17, 15) is 0 Å². The van der Waals surface area contributed by atoms with Gasteiger partial charge in [0.15, 0.2) is 0 Å². The molecule has 0 aromatic carbocycles. The van der Waals surface area contributed by atoms with Gasteiger partial charge in [-0.1, -0.05) is 49.3 Å². The second kappa shape index (κ2) is 12.1. The highest BCUT2D eigenvalue weighted by atomic mass is 33.1. The zero-order valence-corrected chi connectivity index (χ0v) is 15.4. The van der Waals surface area contributed by atoms with Crippen LogP contribution in [0.25, 0.3) is 0 Å². The fourth-order valence-electron chi connectivity index (χ4n) is 1.59. The Bertz CT molecular complexity index is 167. The maximum Gasteiger partial charge on any atom is 0.0703 e. The molecule has 0 saturated heterocycles. The van der Waals surface area contributed by atoms with Crippen LogP contribution in [0.1, 0.15) is 27.7 Å². The summed E-state index contributed by atoms with van der Waals surface area (Å²) in [5.74, 6) is 0. The van der Waals surface area contributed by atoms with Gasteiger partial charge in [-0.05, 0) is 26.2 Å². The third kappa shape index (κ3) is 9.26. The first-order valence-electron chi connectivity index (χ1n) is 6.70. The maximum absolute atomic E-state index is 4.64. The normalized spacial score (nSPS) is 15.3. The first-order chi connectivity index (χ1) is 8.57. The smallest absolute Gasteiger partial charge is 0.0703 e. The van der Waals surface area contributed by atoms with Gasteiger partial charge in [0, 0.05) is 13.1 Å². The Morgan fingerprint density at radius 1 is 0.722 bits per heavy atom. The predicted molar refractivity (Wildman–Crippen MR) is 96.3 cm³/mol. The van der Waals surface area contributed by atoms with Crippen molar-refractivity contribution in [3.8, 4) is 0 Å². The topological polar surface area (TPSA) is 6.48 Å². The zero-order valence-electron chi connectivity index (χ0n) is 12.0. The van der Waals surface area contributed by atoms with Crippen molar-refractivity contribution in [2.45, 2.75) is 36.9 Å². The summed E-state index contributed by atoms with van der Waals surface area (Å²) in [5, 5.41) is 0. The molecule has 0 spiro atoms. The van der Waals surface area contributed by atoms with Crippen molar-refractivity contribution >= 4 is 46.8 Å². The molecule has 6 heteroatoms. The molecule has 18 heavy (non-hydrogen) atoms. The third-order valence-electron chi connectivity index (χ3n) is 2.90. The van der Waals surface area contributed by atoms with Crippen LogP contribution in [0.2, 0.25) is 0 Å². The second-order valence-corrected chi connectivity index (χ2v) is 8.70. The first kappa shape index (κ1) is 19.3. The monoisotopic (exact) mass is 328 g/mol. The van der Waals surface area contributed by atoms with E-state index in [2.05, 4.69) is 62.8 Å². The molecule has 0 aliphatic rings. The lowest BCUT2D eigenvalue weighted by Crippen LogP contribution is -2.29. The van der Waals surface area contributed by atoms with Gasteiger partial charge in [-0.25, -0.2) is 0 Å². The lowest BCUT2D eigenvalue weighted by Gasteiger charge is -2.24. The lowest BCUT2D eigenvalue weighted by atomic mass is 10.5. The van der Waals surface area contributed by atoms with Crippen molar-refractivity contribution in [1.82, 2.24) is 9.80 Å². The SMILES string of the molecule is CCN(CC)CC(S)SSC(S)CN(CC)CC. The van der Waals surface area contributed by atoms with E-state index in [1.165, 1.54) is 0 Å². The van der Waals surface area contributed by atoms with Crippen molar-refractivity contribution in [1.29, 1.82) is 0 Å². The van der Waals surface area contributed by atoms with Gasteiger partial charge >= 0.3 is 0 Å². The van der Waals surface area contributed by atoms with Crippen LogP contribution in [-0.2, 0) is 0 Å². The van der Waals surface area contributed by atoms with Gasteiger partial charge in [0.1, 0.15) is 0 Å². The molecule has 0 radical (unpaired) electrons. The molecule has 0 fully saturated rings. The van der Waals surface area contributed by atoms with Crippen LogP contribution in [-0.4, -0.2) is 58.2 Å². The van der Waals surface area contributed by atoms with Crippen LogP contribution in [0.15, 0.2) is 0 Å². The summed E-state index contributed by atoms with van der Waals surface area (Å²) in [7, 11) is 3.69. The summed E-state index contributed by atoms with van der Waals surface area (Å²) in [6, 6.07) is 0. The minimum Gasteiger partial charge on any atom is -0.302 e. The minimum atomic E-state index is 0.362. The van der Waals surface area contributed by atoms with Crippen LogP contribution in [0.5, 0.6) is 0 Å². The second-order valence-electron chi connectivity index (χ2n) is 4.07. The quantitative estimate of drug-likeness (QED) is 0.340. The van der Waals surface area contributed by atoms with Crippen molar-refractivity contribution < 1.29 is 0 Å². The Morgan fingerprint density at radius 3 is 1.22 bits per heavy atom. The van der Waals surface area contributed by atoms with Gasteiger partial charge in [0.25, 0.3) is 0 Å². The van der Waals surface area contributed by atoms with Gasteiger partial charge in [0.05, 0.1) is 9.16 Å². The highest BCUT2D eigenvalue weighted by Gasteiger charge is 2.13. The van der Waals surface area contributed by atoms with Gasteiger partial charge in [-0.15, -0.1) is 0 Å². The summed E-state index contributed by atoms with van der Waals surface area (Å²) >= 11 is 9.28. The summed E-state index contributed by atoms with van der Waals surface area (Å²) in [6.07, 6.45) is 0. The number of thiol groups is 2. The molecule has 0 heterocycles. The number of hydrogen-bond acceptors (Lipinski definition) is 6. The average molecular weight is 329 g/mol. The van der Waals surface area contributed by atoms with Crippen LogP contribution in [0, 0.1) is 0 Å². The maximum atomic E-state index is 4.64. The lowest BCUT2D eigenvalue weighted by molar-refractivity contribution is 0.319. The summed E-state index contributed by atoms with van der Waals surface area (Å²) in [5.41, 5.74) is 0. The van der Waals surface area contributed by atoms with E-state index in [-0.39, 0.29) is 0 Å². The zero-order chi connectivity index (χ0) is 14.0. The molecular weight excluding hydrogens is 300 g/mol. The van der Waals surface area contributed by atoms with E-state index < -0.39 is 0 Å². The summed E-state index contributed by atoms with van der Waals surface area (Å²) in [6.45, 7) is 15.3. The molecule has 0 aliphatic carbocycles. The Kier molecular flexibility index (Phi) is 13.0. The minimum absolute atomic E-state index is 0.362. The van der Waals surface area contributed by atoms with E-state index in [1.807, 2.05) is 21.6 Å². The first-order valence-corrected chi connectivity index (χ1v) is 10.0. The Hall–Kier alpha value is 1.32. The molecule has 0 amide bonds. The Morgan fingerprint density at radius 2 is 1.00 bits per heavy atom. The van der Waals surface area contributed by atoms with E-state index in [0.29, 0.717) is 9.16 Å². The standard InChI is InChI=1S/C12H28N2S4/c1-5-13(6-2)9-11(15)17-18-12(16)10-14(7-3)8-4/h11-12,15-16H,5-10H2,1-4H3. The largest absolute Gasteiger partial charge is 0.302 e. The highest BCUT2D eigenvalue weighted by molar-refractivity contribution is 8.79. The highest BCUT2D eigenvalue weighted by Crippen LogP contribution is 2.35. The molecule has 0 rings (SSSR count). The molecule has 2 unspecified atom stereocenters. The molecular formula is C12H28N2S4. The molecule has 0 saturated carbocycles. The fourth-order valence-corrected chi connectivity index (χ4v) is 4.89. The average Bonchev–Trinajstić information content (AvgIpc) is 2.39. The number of rotatable bonds is 11. The van der Waals surface area contributed by atoms with Crippen LogP contribution >= 0.6 is 46.8 Å². The number of nitrogens with zero attached hydrogens (tertiary/aromatic N) is 2. The Labute approximate surface area is 132 Å². The summed E-state index contributed by atoms with van der Waals surface area (Å²) < 4.78 is 0.725. The van der Waals surface area contributed by atoms with E-state index >= 15 is 0 Å². The van der Waals surface area contributed by atoms with E-state index in [0.717, 1.165) is 39.3 Å². The van der Waals surface area contributed by atoms with Crippen LogP contribution in [0.3, 0.4) is 0 Å².